The molecule has 0 aliphatic carbocycles. The Bertz CT molecular complexity index is 1020. The van der Waals surface area contributed by atoms with E-state index in [2.05, 4.69) is 5.10 Å². The fraction of sp³-hybridized carbons (Fsp3) is 0.320. The van der Waals surface area contributed by atoms with Gasteiger partial charge in [0.25, 0.3) is 5.56 Å². The van der Waals surface area contributed by atoms with Crippen molar-refractivity contribution in [2.45, 2.75) is 53.5 Å². The number of aromatic nitrogens is 2. The Morgan fingerprint density at radius 2 is 1.65 bits per heavy atom. The van der Waals surface area contributed by atoms with E-state index in [1.54, 1.807) is 0 Å². The summed E-state index contributed by atoms with van der Waals surface area (Å²) in [7, 11) is 0. The third-order valence-corrected chi connectivity index (χ3v) is 4.89. The number of aromatic hydroxyl groups is 1. The Kier molecular flexibility index (Phi) is 13.2. The molecule has 1 radical (unpaired) electrons. The minimum absolute atomic E-state index is 0. The van der Waals surface area contributed by atoms with E-state index in [1.807, 2.05) is 83.1 Å². The van der Waals surface area contributed by atoms with Crippen LogP contribution in [-0.4, -0.2) is 14.9 Å². The second-order valence-corrected chi connectivity index (χ2v) is 7.42. The van der Waals surface area contributed by atoms with E-state index in [1.165, 1.54) is 4.68 Å². The van der Waals surface area contributed by atoms with Crippen LogP contribution in [-0.2, 0) is 45.7 Å². The molecule has 0 unspecified atom stereocenters. The van der Waals surface area contributed by atoms with Gasteiger partial charge in [0.15, 0.2) is 5.75 Å². The zero-order valence-electron chi connectivity index (χ0n) is 19.3. The summed E-state index contributed by atoms with van der Waals surface area (Å²) in [5.74, 6) is -0.0257. The minimum atomic E-state index is -0.278. The molecule has 0 atom stereocenters. The number of halogens is 1. The Labute approximate surface area is 216 Å². The van der Waals surface area contributed by atoms with E-state index in [0.717, 1.165) is 16.7 Å². The van der Waals surface area contributed by atoms with Gasteiger partial charge in [0.2, 0.25) is 0 Å². The second kappa shape index (κ2) is 13.8. The van der Waals surface area contributed by atoms with Crippen molar-refractivity contribution in [2.75, 3.05) is 0 Å². The van der Waals surface area contributed by atoms with Crippen LogP contribution in [0.3, 0.4) is 0 Å². The van der Waals surface area contributed by atoms with Crippen molar-refractivity contribution in [2.24, 2.45) is 0 Å². The molecule has 4 nitrogen and oxygen atoms in total. The van der Waals surface area contributed by atoms with Gasteiger partial charge in [-0.05, 0) is 42.2 Å². The van der Waals surface area contributed by atoms with E-state index in [0.29, 0.717) is 29.2 Å². The first-order valence-corrected chi connectivity index (χ1v) is 10.4. The molecular weight excluding hydrogens is 485 g/mol. The van der Waals surface area contributed by atoms with E-state index >= 15 is 0 Å². The molecular formula is C25H32ClN2O2Y-. The van der Waals surface area contributed by atoms with E-state index in [9.17, 15) is 9.90 Å². The number of benzene rings is 2. The first kappa shape index (κ1) is 29.5. The first-order valence-electron chi connectivity index (χ1n) is 10.0. The maximum Gasteiger partial charge on any atom is 0.278 e. The first-order chi connectivity index (χ1) is 13.9. The van der Waals surface area contributed by atoms with Crippen molar-refractivity contribution >= 4 is 11.6 Å². The Balaban J connectivity index is 0.00000219. The van der Waals surface area contributed by atoms with Gasteiger partial charge in [-0.3, -0.25) is 4.79 Å². The second-order valence-electron chi connectivity index (χ2n) is 6.98. The van der Waals surface area contributed by atoms with Crippen LogP contribution < -0.4 is 5.56 Å². The van der Waals surface area contributed by atoms with Crippen LogP contribution >= 0.6 is 11.6 Å². The van der Waals surface area contributed by atoms with Crippen LogP contribution in [0.1, 0.15) is 50.4 Å². The smallest absolute Gasteiger partial charge is 0.278 e. The minimum Gasteiger partial charge on any atom is -0.505 e. The largest absolute Gasteiger partial charge is 0.505 e. The summed E-state index contributed by atoms with van der Waals surface area (Å²) in [5, 5.41) is 15.9. The SMILES string of the molecule is CC.Cc1ccccc1-c1c(O)c(C(C)C)nn(CCc2ccc(Cl)cc2)c1=O.[CH3-].[Y]. The van der Waals surface area contributed by atoms with E-state index in [-0.39, 0.29) is 57.4 Å². The van der Waals surface area contributed by atoms with Gasteiger partial charge in [-0.15, -0.1) is 0 Å². The monoisotopic (exact) mass is 516 g/mol. The Morgan fingerprint density at radius 3 is 2.19 bits per heavy atom. The van der Waals surface area contributed by atoms with Gasteiger partial charge in [-0.1, -0.05) is 75.7 Å². The molecule has 0 spiro atoms. The molecule has 1 heterocycles. The van der Waals surface area contributed by atoms with Crippen molar-refractivity contribution in [1.29, 1.82) is 0 Å². The predicted octanol–water partition coefficient (Wildman–Crippen LogP) is 6.42. The molecule has 2 aromatic carbocycles. The molecule has 165 valence electrons. The molecule has 3 rings (SSSR count). The van der Waals surface area contributed by atoms with Crippen molar-refractivity contribution in [3.05, 3.63) is 88.2 Å². The van der Waals surface area contributed by atoms with Crippen molar-refractivity contribution in [3.63, 3.8) is 0 Å². The number of hydrogen-bond acceptors (Lipinski definition) is 3. The molecule has 31 heavy (non-hydrogen) atoms. The Morgan fingerprint density at radius 1 is 1.06 bits per heavy atom. The van der Waals surface area contributed by atoms with Gasteiger partial charge in [0.1, 0.15) is 5.69 Å². The van der Waals surface area contributed by atoms with Crippen LogP contribution in [0.15, 0.2) is 53.3 Å². The summed E-state index contributed by atoms with van der Waals surface area (Å²) in [6, 6.07) is 15.1. The predicted molar refractivity (Wildman–Crippen MR) is 127 cm³/mol. The molecule has 0 saturated heterocycles. The summed E-state index contributed by atoms with van der Waals surface area (Å²) in [6.45, 7) is 10.3. The zero-order chi connectivity index (χ0) is 21.6. The maximum atomic E-state index is 13.1. The average Bonchev–Trinajstić information content (AvgIpc) is 2.71. The standard InChI is InChI=1S/C22H23ClN2O2.C2H6.CH3.Y/c1-14(2)20-21(26)19(18-7-5-4-6-15(18)3)22(27)25(24-20)13-12-16-8-10-17(23)11-9-16;1-2;;/h4-11,14,26H,12-13H2,1-3H3;1-2H3;1H3;/q;;-1;. The third kappa shape index (κ3) is 7.27. The molecule has 1 N–H and O–H groups in total. The van der Waals surface area contributed by atoms with Crippen molar-refractivity contribution in [1.82, 2.24) is 9.78 Å². The normalized spacial score (nSPS) is 9.90. The molecule has 0 amide bonds. The molecule has 0 saturated carbocycles. The van der Waals surface area contributed by atoms with Gasteiger partial charge in [-0.25, -0.2) is 4.68 Å². The van der Waals surface area contributed by atoms with Crippen molar-refractivity contribution < 1.29 is 37.8 Å². The van der Waals surface area contributed by atoms with E-state index < -0.39 is 0 Å². The summed E-state index contributed by atoms with van der Waals surface area (Å²) in [5.41, 5.74) is 3.33. The van der Waals surface area contributed by atoms with Crippen LogP contribution in [0.4, 0.5) is 0 Å². The Hall–Kier alpha value is -1.49. The fourth-order valence-corrected chi connectivity index (χ4v) is 3.23. The summed E-state index contributed by atoms with van der Waals surface area (Å²) in [4.78, 5) is 13.1. The molecule has 1 aromatic heterocycles. The zero-order valence-corrected chi connectivity index (χ0v) is 22.9. The topological polar surface area (TPSA) is 55.1 Å². The fourth-order valence-electron chi connectivity index (χ4n) is 3.10. The summed E-state index contributed by atoms with van der Waals surface area (Å²) >= 11 is 5.94. The van der Waals surface area contributed by atoms with Gasteiger partial charge in [0.05, 0.1) is 5.56 Å². The maximum absolute atomic E-state index is 13.1. The van der Waals surface area contributed by atoms with Gasteiger partial charge < -0.3 is 12.5 Å². The average molecular weight is 517 g/mol. The number of aryl methyl sites for hydroxylation is 3. The van der Waals surface area contributed by atoms with Crippen LogP contribution in [0.5, 0.6) is 5.75 Å². The number of rotatable bonds is 5. The summed E-state index contributed by atoms with van der Waals surface area (Å²) < 4.78 is 1.46. The molecule has 0 aliphatic rings. The number of hydrogen-bond donors (Lipinski definition) is 1. The van der Waals surface area contributed by atoms with Gasteiger partial charge >= 0.3 is 0 Å². The molecule has 6 heteroatoms. The summed E-state index contributed by atoms with van der Waals surface area (Å²) in [6.07, 6.45) is 0.652. The molecule has 3 aromatic rings. The van der Waals surface area contributed by atoms with Crippen LogP contribution in [0.25, 0.3) is 11.1 Å². The molecule has 0 fully saturated rings. The van der Waals surface area contributed by atoms with Crippen LogP contribution in [0.2, 0.25) is 5.02 Å². The quantitative estimate of drug-likeness (QED) is 0.398. The van der Waals surface area contributed by atoms with Crippen LogP contribution in [0, 0.1) is 14.4 Å². The number of nitrogens with zero attached hydrogens (tertiary/aromatic N) is 2. The molecule has 0 aliphatic heterocycles. The third-order valence-electron chi connectivity index (χ3n) is 4.64. The van der Waals surface area contributed by atoms with E-state index in [4.69, 9.17) is 11.6 Å². The van der Waals surface area contributed by atoms with Crippen molar-refractivity contribution in [3.8, 4) is 16.9 Å². The van der Waals surface area contributed by atoms with Gasteiger partial charge in [-0.2, -0.15) is 5.10 Å². The molecule has 0 bridgehead atoms. The van der Waals surface area contributed by atoms with Gasteiger partial charge in [0, 0.05) is 50.2 Å².